The molecule has 17 heavy (non-hydrogen) atoms. The Labute approximate surface area is 107 Å². The highest BCUT2D eigenvalue weighted by Crippen LogP contribution is 2.29. The molecule has 0 aliphatic carbocycles. The zero-order chi connectivity index (χ0) is 12.8. The maximum absolute atomic E-state index is 13.9. The summed E-state index contributed by atoms with van der Waals surface area (Å²) in [5.41, 5.74) is 0.614. The molecule has 0 amide bonds. The first-order valence-electron chi connectivity index (χ1n) is 5.72. The van der Waals surface area contributed by atoms with Gasteiger partial charge in [0.05, 0.1) is 5.02 Å². The smallest absolute Gasteiger partial charge is 0.146 e. The number of nitrogens with one attached hydrogen (secondary N) is 1. The Hall–Kier alpha value is -0.640. The van der Waals surface area contributed by atoms with Gasteiger partial charge in [-0.15, -0.1) is 0 Å². The number of halogens is 2. The van der Waals surface area contributed by atoms with Gasteiger partial charge in [0, 0.05) is 25.3 Å². The van der Waals surface area contributed by atoms with Crippen molar-refractivity contribution >= 4 is 11.6 Å². The lowest BCUT2D eigenvalue weighted by atomic mass is 9.92. The standard InChI is InChI=1S/C13H19ClFNO/c1-9(7-8-17-3)13(16-2)10-5-4-6-11(14)12(10)15/h4-6,9,13,16H,7-8H2,1-3H3. The van der Waals surface area contributed by atoms with Crippen molar-refractivity contribution in [3.05, 3.63) is 34.6 Å². The molecule has 0 aliphatic rings. The van der Waals surface area contributed by atoms with Crippen molar-refractivity contribution in [2.24, 2.45) is 5.92 Å². The van der Waals surface area contributed by atoms with E-state index < -0.39 is 0 Å². The van der Waals surface area contributed by atoms with E-state index in [0.29, 0.717) is 12.2 Å². The SMILES string of the molecule is CNC(c1cccc(Cl)c1F)C(C)CCOC. The van der Waals surface area contributed by atoms with E-state index in [1.54, 1.807) is 25.3 Å². The van der Waals surface area contributed by atoms with Crippen molar-refractivity contribution in [2.45, 2.75) is 19.4 Å². The number of benzene rings is 1. The first kappa shape index (κ1) is 14.4. The Kier molecular flexibility index (Phi) is 5.89. The van der Waals surface area contributed by atoms with Crippen molar-refractivity contribution < 1.29 is 9.13 Å². The lowest BCUT2D eigenvalue weighted by Gasteiger charge is -2.24. The van der Waals surface area contributed by atoms with E-state index in [-0.39, 0.29) is 22.8 Å². The summed E-state index contributed by atoms with van der Waals surface area (Å²) in [6, 6.07) is 5.05. The largest absolute Gasteiger partial charge is 0.385 e. The van der Waals surface area contributed by atoms with Crippen LogP contribution in [0.4, 0.5) is 4.39 Å². The predicted octanol–water partition coefficient (Wildman–Crippen LogP) is 3.41. The lowest BCUT2D eigenvalue weighted by molar-refractivity contribution is 0.171. The molecule has 0 spiro atoms. The Morgan fingerprint density at radius 1 is 1.47 bits per heavy atom. The van der Waals surface area contributed by atoms with E-state index in [1.807, 2.05) is 7.05 Å². The molecule has 4 heteroatoms. The van der Waals surface area contributed by atoms with Gasteiger partial charge < -0.3 is 10.1 Å². The number of methoxy groups -OCH3 is 1. The van der Waals surface area contributed by atoms with E-state index in [2.05, 4.69) is 12.2 Å². The van der Waals surface area contributed by atoms with Crippen LogP contribution in [0.1, 0.15) is 24.9 Å². The van der Waals surface area contributed by atoms with Crippen LogP contribution >= 0.6 is 11.6 Å². The van der Waals surface area contributed by atoms with E-state index in [0.717, 1.165) is 6.42 Å². The van der Waals surface area contributed by atoms with Gasteiger partial charge in [-0.2, -0.15) is 0 Å². The second kappa shape index (κ2) is 6.94. The Bertz CT molecular complexity index is 359. The lowest BCUT2D eigenvalue weighted by Crippen LogP contribution is -2.25. The molecule has 1 rings (SSSR count). The van der Waals surface area contributed by atoms with Crippen LogP contribution in [0.2, 0.25) is 5.02 Å². The van der Waals surface area contributed by atoms with Crippen LogP contribution in [0.25, 0.3) is 0 Å². The molecular weight excluding hydrogens is 241 g/mol. The van der Waals surface area contributed by atoms with Gasteiger partial charge in [0.15, 0.2) is 0 Å². The fraction of sp³-hybridized carbons (Fsp3) is 0.538. The van der Waals surface area contributed by atoms with Crippen molar-refractivity contribution in [2.75, 3.05) is 20.8 Å². The number of rotatable bonds is 6. The van der Waals surface area contributed by atoms with E-state index >= 15 is 0 Å². The van der Waals surface area contributed by atoms with Gasteiger partial charge in [0.1, 0.15) is 5.82 Å². The van der Waals surface area contributed by atoms with Crippen molar-refractivity contribution in [3.8, 4) is 0 Å². The van der Waals surface area contributed by atoms with Gasteiger partial charge in [0.2, 0.25) is 0 Å². The Morgan fingerprint density at radius 3 is 2.76 bits per heavy atom. The first-order chi connectivity index (χ1) is 8.11. The van der Waals surface area contributed by atoms with Gasteiger partial charge in [-0.05, 0) is 25.5 Å². The summed E-state index contributed by atoms with van der Waals surface area (Å²) in [6.45, 7) is 2.74. The van der Waals surface area contributed by atoms with Crippen molar-refractivity contribution in [1.29, 1.82) is 0 Å². The zero-order valence-corrected chi connectivity index (χ0v) is 11.2. The van der Waals surface area contributed by atoms with Crippen LogP contribution in [0, 0.1) is 11.7 Å². The molecule has 1 aromatic rings. The summed E-state index contributed by atoms with van der Waals surface area (Å²) in [6.07, 6.45) is 0.869. The highest BCUT2D eigenvalue weighted by atomic mass is 35.5. The van der Waals surface area contributed by atoms with Crippen LogP contribution in [0.3, 0.4) is 0 Å². The Morgan fingerprint density at radius 2 is 2.18 bits per heavy atom. The summed E-state index contributed by atoms with van der Waals surface area (Å²) in [7, 11) is 3.50. The molecule has 0 bridgehead atoms. The minimum atomic E-state index is -0.335. The van der Waals surface area contributed by atoms with E-state index in [1.165, 1.54) is 0 Å². The van der Waals surface area contributed by atoms with Gasteiger partial charge in [-0.3, -0.25) is 0 Å². The summed E-state index contributed by atoms with van der Waals surface area (Å²) in [5.74, 6) is -0.0642. The molecule has 0 heterocycles. The monoisotopic (exact) mass is 259 g/mol. The molecular formula is C13H19ClFNO. The second-order valence-corrected chi connectivity index (χ2v) is 4.58. The van der Waals surface area contributed by atoms with Gasteiger partial charge in [0.25, 0.3) is 0 Å². The van der Waals surface area contributed by atoms with Crippen LogP contribution in [0.15, 0.2) is 18.2 Å². The molecule has 0 radical (unpaired) electrons. The van der Waals surface area contributed by atoms with Gasteiger partial charge >= 0.3 is 0 Å². The van der Waals surface area contributed by atoms with E-state index in [9.17, 15) is 4.39 Å². The van der Waals surface area contributed by atoms with Crippen LogP contribution < -0.4 is 5.32 Å². The maximum atomic E-state index is 13.9. The minimum Gasteiger partial charge on any atom is -0.385 e. The molecule has 0 saturated carbocycles. The fourth-order valence-corrected chi connectivity index (χ4v) is 2.16. The molecule has 1 aromatic carbocycles. The average molecular weight is 260 g/mol. The summed E-state index contributed by atoms with van der Waals surface area (Å²) >= 11 is 5.80. The molecule has 0 aliphatic heterocycles. The fourth-order valence-electron chi connectivity index (χ4n) is 1.98. The molecule has 1 N–H and O–H groups in total. The van der Waals surface area contributed by atoms with Gasteiger partial charge in [-0.25, -0.2) is 4.39 Å². The third kappa shape index (κ3) is 3.66. The number of hydrogen-bond acceptors (Lipinski definition) is 2. The zero-order valence-electron chi connectivity index (χ0n) is 10.5. The molecule has 96 valence electrons. The average Bonchev–Trinajstić information content (AvgIpc) is 2.32. The predicted molar refractivity (Wildman–Crippen MR) is 68.9 cm³/mol. The molecule has 0 fully saturated rings. The first-order valence-corrected chi connectivity index (χ1v) is 6.09. The summed E-state index contributed by atoms with van der Waals surface area (Å²) in [5, 5.41) is 3.31. The Balaban J connectivity index is 2.89. The third-order valence-corrected chi connectivity index (χ3v) is 3.27. The quantitative estimate of drug-likeness (QED) is 0.845. The third-order valence-electron chi connectivity index (χ3n) is 2.97. The highest BCUT2D eigenvalue weighted by Gasteiger charge is 2.21. The van der Waals surface area contributed by atoms with Crippen molar-refractivity contribution in [3.63, 3.8) is 0 Å². The topological polar surface area (TPSA) is 21.3 Å². The van der Waals surface area contributed by atoms with E-state index in [4.69, 9.17) is 16.3 Å². The highest BCUT2D eigenvalue weighted by molar-refractivity contribution is 6.30. The maximum Gasteiger partial charge on any atom is 0.146 e. The molecule has 0 saturated heterocycles. The minimum absolute atomic E-state index is 0.0520. The molecule has 0 aromatic heterocycles. The van der Waals surface area contributed by atoms with Crippen molar-refractivity contribution in [1.82, 2.24) is 5.32 Å². The molecule has 2 nitrogen and oxygen atoms in total. The van der Waals surface area contributed by atoms with Crippen LogP contribution in [-0.2, 0) is 4.74 Å². The number of ether oxygens (including phenoxy) is 1. The summed E-state index contributed by atoms with van der Waals surface area (Å²) < 4.78 is 19.0. The summed E-state index contributed by atoms with van der Waals surface area (Å²) in [4.78, 5) is 0. The molecule has 2 atom stereocenters. The number of hydrogen-bond donors (Lipinski definition) is 1. The molecule has 2 unspecified atom stereocenters. The van der Waals surface area contributed by atoms with Crippen LogP contribution in [-0.4, -0.2) is 20.8 Å². The van der Waals surface area contributed by atoms with Crippen LogP contribution in [0.5, 0.6) is 0 Å². The van der Waals surface area contributed by atoms with Gasteiger partial charge in [-0.1, -0.05) is 30.7 Å². The normalized spacial score (nSPS) is 14.6. The second-order valence-electron chi connectivity index (χ2n) is 4.17.